The van der Waals surface area contributed by atoms with Crippen LogP contribution in [-0.2, 0) is 25.9 Å². The van der Waals surface area contributed by atoms with Crippen molar-refractivity contribution in [2.75, 3.05) is 0 Å². The van der Waals surface area contributed by atoms with Gasteiger partial charge < -0.3 is 9.67 Å². The first kappa shape index (κ1) is 15.7. The van der Waals surface area contributed by atoms with Gasteiger partial charge in [-0.1, -0.05) is 26.0 Å². The average Bonchev–Trinajstić information content (AvgIpc) is 3.16. The maximum atomic E-state index is 9.83. The Kier molecular flexibility index (Phi) is 4.71. The number of para-hydroxylation sites is 2. The summed E-state index contributed by atoms with van der Waals surface area (Å²) in [5.41, 5.74) is 2.19. The Hall–Kier alpha value is -2.21. The maximum absolute atomic E-state index is 9.83. The molecule has 0 saturated heterocycles. The molecule has 0 saturated carbocycles. The Morgan fingerprint density at radius 2 is 2.00 bits per heavy atom. The van der Waals surface area contributed by atoms with Crippen molar-refractivity contribution in [2.24, 2.45) is 0 Å². The second kappa shape index (κ2) is 6.91. The molecule has 0 bridgehead atoms. The lowest BCUT2D eigenvalue weighted by molar-refractivity contribution is 0.143. The van der Waals surface area contributed by atoms with E-state index in [1.807, 2.05) is 25.1 Å². The van der Waals surface area contributed by atoms with Crippen molar-refractivity contribution in [3.05, 3.63) is 42.2 Å². The number of benzene rings is 1. The van der Waals surface area contributed by atoms with Crippen LogP contribution in [0.3, 0.4) is 0 Å². The predicted molar refractivity (Wildman–Crippen MR) is 89.1 cm³/mol. The molecule has 0 radical (unpaired) electrons. The van der Waals surface area contributed by atoms with E-state index in [1.54, 1.807) is 11.0 Å². The van der Waals surface area contributed by atoms with E-state index in [2.05, 4.69) is 27.6 Å². The number of hydrogen-bond donors (Lipinski definition) is 1. The normalized spacial score (nSPS) is 12.8. The van der Waals surface area contributed by atoms with Gasteiger partial charge in [0, 0.05) is 19.4 Å². The van der Waals surface area contributed by atoms with Crippen molar-refractivity contribution in [1.29, 1.82) is 0 Å². The number of imidazole rings is 1. The van der Waals surface area contributed by atoms with Crippen LogP contribution in [0.5, 0.6) is 0 Å². The lowest BCUT2D eigenvalue weighted by Crippen LogP contribution is -2.19. The fourth-order valence-electron chi connectivity index (χ4n) is 2.82. The third-order valence-electron chi connectivity index (χ3n) is 4.16. The molecular formula is C17H23N5O. The van der Waals surface area contributed by atoms with Crippen molar-refractivity contribution in [3.63, 3.8) is 0 Å². The number of rotatable bonds is 7. The van der Waals surface area contributed by atoms with Gasteiger partial charge in [0.2, 0.25) is 0 Å². The van der Waals surface area contributed by atoms with Crippen LogP contribution in [0.2, 0.25) is 0 Å². The summed E-state index contributed by atoms with van der Waals surface area (Å²) in [5.74, 6) is 1.99. The standard InChI is InChI=1S/C17H23N5O/c1-3-13(23)11-22-17(18-12-19-22)9-10-21-15-8-6-5-7-14(15)20-16(21)4-2/h5-8,12-13,23H,3-4,9-11H2,1-2H3/t13-/m1/s1. The zero-order valence-electron chi connectivity index (χ0n) is 13.7. The second-order valence-electron chi connectivity index (χ2n) is 5.69. The molecule has 0 aliphatic rings. The van der Waals surface area contributed by atoms with Crippen LogP contribution in [0.25, 0.3) is 11.0 Å². The molecule has 1 aromatic carbocycles. The van der Waals surface area contributed by atoms with Gasteiger partial charge in [0.25, 0.3) is 0 Å². The van der Waals surface area contributed by atoms with E-state index in [-0.39, 0.29) is 6.10 Å². The molecule has 3 rings (SSSR count). The summed E-state index contributed by atoms with van der Waals surface area (Å²) in [7, 11) is 0. The first-order valence-corrected chi connectivity index (χ1v) is 8.21. The molecule has 23 heavy (non-hydrogen) atoms. The summed E-state index contributed by atoms with van der Waals surface area (Å²) in [4.78, 5) is 9.04. The van der Waals surface area contributed by atoms with Crippen molar-refractivity contribution in [3.8, 4) is 0 Å². The fourth-order valence-corrected chi connectivity index (χ4v) is 2.82. The number of aliphatic hydroxyl groups is 1. The lowest BCUT2D eigenvalue weighted by Gasteiger charge is -2.11. The number of nitrogens with zero attached hydrogens (tertiary/aromatic N) is 5. The van der Waals surface area contributed by atoms with Crippen LogP contribution in [0.4, 0.5) is 0 Å². The van der Waals surface area contributed by atoms with Gasteiger partial charge in [0.1, 0.15) is 18.0 Å². The van der Waals surface area contributed by atoms with Crippen molar-refractivity contribution in [2.45, 2.75) is 52.3 Å². The van der Waals surface area contributed by atoms with E-state index >= 15 is 0 Å². The summed E-state index contributed by atoms with van der Waals surface area (Å²) in [6.07, 6.45) is 3.56. The largest absolute Gasteiger partial charge is 0.391 e. The van der Waals surface area contributed by atoms with Gasteiger partial charge in [-0.25, -0.2) is 14.6 Å². The maximum Gasteiger partial charge on any atom is 0.138 e. The highest BCUT2D eigenvalue weighted by molar-refractivity contribution is 5.75. The van der Waals surface area contributed by atoms with Gasteiger partial charge in [-0.05, 0) is 18.6 Å². The molecule has 6 heteroatoms. The van der Waals surface area contributed by atoms with Crippen molar-refractivity contribution in [1.82, 2.24) is 24.3 Å². The summed E-state index contributed by atoms with van der Waals surface area (Å²) >= 11 is 0. The van der Waals surface area contributed by atoms with E-state index in [0.29, 0.717) is 13.0 Å². The van der Waals surface area contributed by atoms with Gasteiger partial charge in [0.05, 0.1) is 23.7 Å². The number of aromatic nitrogens is 5. The van der Waals surface area contributed by atoms with E-state index < -0.39 is 0 Å². The van der Waals surface area contributed by atoms with E-state index in [9.17, 15) is 5.11 Å². The monoisotopic (exact) mass is 313 g/mol. The van der Waals surface area contributed by atoms with Gasteiger partial charge in [-0.3, -0.25) is 0 Å². The molecule has 6 nitrogen and oxygen atoms in total. The Morgan fingerprint density at radius 3 is 2.78 bits per heavy atom. The Labute approximate surface area is 135 Å². The predicted octanol–water partition coefficient (Wildman–Crippen LogP) is 2.20. The highest BCUT2D eigenvalue weighted by Crippen LogP contribution is 2.17. The van der Waals surface area contributed by atoms with Crippen LogP contribution >= 0.6 is 0 Å². The molecule has 0 amide bonds. The Morgan fingerprint density at radius 1 is 1.17 bits per heavy atom. The van der Waals surface area contributed by atoms with Crippen LogP contribution in [-0.4, -0.2) is 35.5 Å². The molecule has 3 aromatic rings. The molecular weight excluding hydrogens is 290 g/mol. The third-order valence-corrected chi connectivity index (χ3v) is 4.16. The third kappa shape index (κ3) is 3.27. The molecule has 0 aliphatic carbocycles. The van der Waals surface area contributed by atoms with Crippen LogP contribution in [0.1, 0.15) is 31.9 Å². The quantitative estimate of drug-likeness (QED) is 0.726. The van der Waals surface area contributed by atoms with Crippen molar-refractivity contribution < 1.29 is 5.11 Å². The number of fused-ring (bicyclic) bond motifs is 1. The van der Waals surface area contributed by atoms with Gasteiger partial charge in [-0.2, -0.15) is 5.10 Å². The molecule has 0 spiro atoms. The smallest absolute Gasteiger partial charge is 0.138 e. The summed E-state index contributed by atoms with van der Waals surface area (Å²) in [6.45, 7) is 5.39. The Bertz CT molecular complexity index is 776. The van der Waals surface area contributed by atoms with E-state index in [1.165, 1.54) is 0 Å². The first-order chi connectivity index (χ1) is 11.2. The van der Waals surface area contributed by atoms with E-state index in [0.717, 1.165) is 42.1 Å². The minimum atomic E-state index is -0.379. The number of aryl methyl sites for hydroxylation is 3. The van der Waals surface area contributed by atoms with Gasteiger partial charge in [0.15, 0.2) is 0 Å². The van der Waals surface area contributed by atoms with Gasteiger partial charge >= 0.3 is 0 Å². The molecule has 0 fully saturated rings. The highest BCUT2D eigenvalue weighted by atomic mass is 16.3. The average molecular weight is 313 g/mol. The zero-order chi connectivity index (χ0) is 16.2. The van der Waals surface area contributed by atoms with Crippen molar-refractivity contribution >= 4 is 11.0 Å². The minimum absolute atomic E-state index is 0.379. The number of aliphatic hydroxyl groups excluding tert-OH is 1. The van der Waals surface area contributed by atoms with E-state index in [4.69, 9.17) is 4.98 Å². The summed E-state index contributed by atoms with van der Waals surface area (Å²) in [5, 5.41) is 14.1. The molecule has 0 aliphatic heterocycles. The Balaban J connectivity index is 1.80. The highest BCUT2D eigenvalue weighted by Gasteiger charge is 2.12. The fraction of sp³-hybridized carbons (Fsp3) is 0.471. The molecule has 122 valence electrons. The molecule has 1 N–H and O–H groups in total. The molecule has 2 aromatic heterocycles. The second-order valence-corrected chi connectivity index (χ2v) is 5.69. The molecule has 0 unspecified atom stereocenters. The lowest BCUT2D eigenvalue weighted by atomic mass is 10.2. The molecule has 1 atom stereocenters. The first-order valence-electron chi connectivity index (χ1n) is 8.21. The van der Waals surface area contributed by atoms with Crippen LogP contribution in [0.15, 0.2) is 30.6 Å². The van der Waals surface area contributed by atoms with Crippen LogP contribution < -0.4 is 0 Å². The SMILES string of the molecule is CCc1nc2ccccc2n1CCc1ncnn1C[C@H](O)CC. The topological polar surface area (TPSA) is 68.8 Å². The molecule has 2 heterocycles. The number of hydrogen-bond acceptors (Lipinski definition) is 4. The summed E-state index contributed by atoms with van der Waals surface area (Å²) in [6, 6.07) is 8.21. The minimum Gasteiger partial charge on any atom is -0.391 e. The van der Waals surface area contributed by atoms with Gasteiger partial charge in [-0.15, -0.1) is 0 Å². The van der Waals surface area contributed by atoms with Crippen LogP contribution in [0, 0.1) is 0 Å². The zero-order valence-corrected chi connectivity index (χ0v) is 13.7. The summed E-state index contributed by atoms with van der Waals surface area (Å²) < 4.78 is 4.06.